The first-order chi connectivity index (χ1) is 11.7. The van der Waals surface area contributed by atoms with Crippen LogP contribution in [0.4, 0.5) is 0 Å². The Morgan fingerprint density at radius 1 is 1.12 bits per heavy atom. The van der Waals surface area contributed by atoms with Crippen LogP contribution in [-0.4, -0.2) is 47.0 Å². The van der Waals surface area contributed by atoms with Crippen molar-refractivity contribution in [2.75, 3.05) is 26.2 Å². The predicted molar refractivity (Wildman–Crippen MR) is 91.6 cm³/mol. The number of hydrogen-bond acceptors (Lipinski definition) is 5. The van der Waals surface area contributed by atoms with Crippen LogP contribution in [0.25, 0.3) is 11.0 Å². The van der Waals surface area contributed by atoms with Crippen molar-refractivity contribution < 1.29 is 13.7 Å². The molecule has 3 heterocycles. The van der Waals surface area contributed by atoms with Gasteiger partial charge in [0.25, 0.3) is 5.91 Å². The second-order valence-electron chi connectivity index (χ2n) is 5.80. The minimum atomic E-state index is -0.0627. The summed E-state index contributed by atoms with van der Waals surface area (Å²) in [5, 5.41) is 5.23. The summed E-state index contributed by atoms with van der Waals surface area (Å²) in [6, 6.07) is 11.3. The van der Waals surface area contributed by atoms with Crippen LogP contribution in [-0.2, 0) is 6.54 Å². The molecule has 1 aliphatic heterocycles. The lowest BCUT2D eigenvalue weighted by atomic mass is 10.2. The highest BCUT2D eigenvalue weighted by Gasteiger charge is 2.25. The van der Waals surface area contributed by atoms with Gasteiger partial charge in [0.2, 0.25) is 0 Å². The van der Waals surface area contributed by atoms with Crippen LogP contribution in [0, 0.1) is 0 Å². The Labute approximate surface area is 147 Å². The molecule has 1 saturated heterocycles. The first-order valence-corrected chi connectivity index (χ1v) is 8.60. The van der Waals surface area contributed by atoms with E-state index in [-0.39, 0.29) is 5.91 Å². The fourth-order valence-corrected chi connectivity index (χ4v) is 3.26. The number of para-hydroxylation sites is 1. The van der Waals surface area contributed by atoms with E-state index < -0.39 is 0 Å². The summed E-state index contributed by atoms with van der Waals surface area (Å²) >= 11 is 3.23. The van der Waals surface area contributed by atoms with Crippen LogP contribution in [0.5, 0.6) is 0 Å². The number of hydrogen-bond donors (Lipinski definition) is 0. The number of benzene rings is 1. The lowest BCUT2D eigenvalue weighted by Crippen LogP contribution is -2.48. The minimum Gasteiger partial charge on any atom is -0.444 e. The van der Waals surface area contributed by atoms with Gasteiger partial charge in [0.1, 0.15) is 5.69 Å². The molecule has 0 saturated carbocycles. The molecular formula is C17H16BrN3O3. The molecule has 0 atom stereocenters. The molecule has 1 fully saturated rings. The largest absolute Gasteiger partial charge is 0.444 e. The molecule has 0 unspecified atom stereocenters. The topological polar surface area (TPSA) is 62.7 Å². The average molecular weight is 390 g/mol. The molecule has 0 bridgehead atoms. The van der Waals surface area contributed by atoms with Gasteiger partial charge in [-0.1, -0.05) is 17.3 Å². The van der Waals surface area contributed by atoms with E-state index in [0.717, 1.165) is 36.3 Å². The molecule has 1 amide bonds. The smallest absolute Gasteiger partial charge is 0.289 e. The van der Waals surface area contributed by atoms with Crippen molar-refractivity contribution in [1.29, 1.82) is 0 Å². The third-order valence-corrected chi connectivity index (χ3v) is 4.70. The minimum absolute atomic E-state index is 0.0627. The monoisotopic (exact) mass is 389 g/mol. The maximum Gasteiger partial charge on any atom is 0.289 e. The molecule has 0 radical (unpaired) electrons. The second-order valence-corrected chi connectivity index (χ2v) is 6.58. The fraction of sp³-hybridized carbons (Fsp3) is 0.294. The Morgan fingerprint density at radius 3 is 2.67 bits per heavy atom. The molecule has 24 heavy (non-hydrogen) atoms. The summed E-state index contributed by atoms with van der Waals surface area (Å²) in [5.41, 5.74) is 1.75. The highest BCUT2D eigenvalue weighted by Crippen LogP contribution is 2.21. The van der Waals surface area contributed by atoms with Crippen molar-refractivity contribution >= 4 is 32.8 Å². The van der Waals surface area contributed by atoms with Crippen LogP contribution in [0.3, 0.4) is 0 Å². The van der Waals surface area contributed by atoms with Gasteiger partial charge in [0.05, 0.1) is 0 Å². The molecule has 4 rings (SSSR count). The number of amides is 1. The number of aromatic nitrogens is 1. The summed E-state index contributed by atoms with van der Waals surface area (Å²) in [7, 11) is 0. The second kappa shape index (κ2) is 6.41. The van der Waals surface area contributed by atoms with Crippen LogP contribution >= 0.6 is 15.9 Å². The molecule has 2 aromatic heterocycles. The first kappa shape index (κ1) is 15.4. The van der Waals surface area contributed by atoms with E-state index in [1.54, 1.807) is 12.1 Å². The number of carbonyl (C=O) groups excluding carboxylic acids is 1. The van der Waals surface area contributed by atoms with Gasteiger partial charge in [0, 0.05) is 38.1 Å². The van der Waals surface area contributed by atoms with Gasteiger partial charge in [0.15, 0.2) is 16.0 Å². The Kier molecular flexibility index (Phi) is 4.12. The van der Waals surface area contributed by atoms with Crippen molar-refractivity contribution in [3.8, 4) is 0 Å². The van der Waals surface area contributed by atoms with Gasteiger partial charge in [-0.05, 0) is 40.2 Å². The number of nitrogens with zero attached hydrogens (tertiary/aromatic N) is 3. The zero-order valence-corrected chi connectivity index (χ0v) is 14.5. The van der Waals surface area contributed by atoms with E-state index in [4.69, 9.17) is 8.94 Å². The van der Waals surface area contributed by atoms with Crippen LogP contribution in [0.1, 0.15) is 16.2 Å². The van der Waals surface area contributed by atoms with E-state index in [0.29, 0.717) is 23.5 Å². The normalized spacial score (nSPS) is 16.0. The summed E-state index contributed by atoms with van der Waals surface area (Å²) in [5.74, 6) is 0.310. The van der Waals surface area contributed by atoms with Gasteiger partial charge in [-0.25, -0.2) is 0 Å². The summed E-state index contributed by atoms with van der Waals surface area (Å²) in [6.45, 7) is 3.68. The Hall–Kier alpha value is -2.12. The standard InChI is InChI=1S/C17H16BrN3O3/c18-16-6-5-15(23-16)17(22)21-9-7-20(8-10-21)11-13-12-3-1-2-4-14(12)24-19-13/h1-6H,7-11H2. The molecule has 0 spiro atoms. The molecule has 0 aliphatic carbocycles. The summed E-state index contributed by atoms with van der Waals surface area (Å²) < 4.78 is 11.3. The quantitative estimate of drug-likeness (QED) is 0.688. The number of halogens is 1. The van der Waals surface area contributed by atoms with Crippen molar-refractivity contribution in [2.45, 2.75) is 6.54 Å². The SMILES string of the molecule is O=C(c1ccc(Br)o1)N1CCN(Cc2noc3ccccc23)CC1. The maximum atomic E-state index is 12.4. The van der Waals surface area contributed by atoms with Crippen LogP contribution in [0.15, 0.2) is 50.0 Å². The van der Waals surface area contributed by atoms with Crippen molar-refractivity contribution in [3.63, 3.8) is 0 Å². The molecule has 7 heteroatoms. The number of piperazine rings is 1. The number of furan rings is 1. The van der Waals surface area contributed by atoms with Gasteiger partial charge < -0.3 is 13.8 Å². The van der Waals surface area contributed by atoms with E-state index in [1.807, 2.05) is 29.2 Å². The Balaban J connectivity index is 1.38. The van der Waals surface area contributed by atoms with E-state index in [2.05, 4.69) is 26.0 Å². The zero-order valence-electron chi connectivity index (χ0n) is 12.9. The first-order valence-electron chi connectivity index (χ1n) is 7.81. The molecule has 1 aliphatic rings. The lowest BCUT2D eigenvalue weighted by molar-refractivity contribution is 0.0594. The van der Waals surface area contributed by atoms with E-state index in [9.17, 15) is 4.79 Å². The summed E-state index contributed by atoms with van der Waals surface area (Å²) in [6.07, 6.45) is 0. The van der Waals surface area contributed by atoms with Gasteiger partial charge in [-0.3, -0.25) is 9.69 Å². The highest BCUT2D eigenvalue weighted by atomic mass is 79.9. The zero-order chi connectivity index (χ0) is 16.5. The average Bonchev–Trinajstić information content (AvgIpc) is 3.22. The molecule has 0 N–H and O–H groups in total. The fourth-order valence-electron chi connectivity index (χ4n) is 2.96. The third kappa shape index (κ3) is 2.97. The van der Waals surface area contributed by atoms with E-state index in [1.165, 1.54) is 0 Å². The molecule has 3 aromatic rings. The number of carbonyl (C=O) groups is 1. The lowest BCUT2D eigenvalue weighted by Gasteiger charge is -2.33. The van der Waals surface area contributed by atoms with Gasteiger partial charge in [-0.15, -0.1) is 0 Å². The maximum absolute atomic E-state index is 12.4. The van der Waals surface area contributed by atoms with Gasteiger partial charge >= 0.3 is 0 Å². The highest BCUT2D eigenvalue weighted by molar-refractivity contribution is 9.10. The van der Waals surface area contributed by atoms with Crippen LogP contribution < -0.4 is 0 Å². The van der Waals surface area contributed by atoms with Crippen molar-refractivity contribution in [2.24, 2.45) is 0 Å². The summed E-state index contributed by atoms with van der Waals surface area (Å²) in [4.78, 5) is 16.5. The number of fused-ring (bicyclic) bond motifs is 1. The van der Waals surface area contributed by atoms with Gasteiger partial charge in [-0.2, -0.15) is 0 Å². The van der Waals surface area contributed by atoms with Crippen LogP contribution in [0.2, 0.25) is 0 Å². The Morgan fingerprint density at radius 2 is 1.92 bits per heavy atom. The molecule has 6 nitrogen and oxygen atoms in total. The molecular weight excluding hydrogens is 374 g/mol. The van der Waals surface area contributed by atoms with E-state index >= 15 is 0 Å². The van der Waals surface area contributed by atoms with Crippen molar-refractivity contribution in [3.05, 3.63) is 52.5 Å². The number of rotatable bonds is 3. The van der Waals surface area contributed by atoms with Crippen molar-refractivity contribution in [1.82, 2.24) is 15.0 Å². The molecule has 124 valence electrons. The third-order valence-electron chi connectivity index (χ3n) is 4.27. The molecule has 1 aromatic carbocycles. The Bertz CT molecular complexity index is 865. The predicted octanol–water partition coefficient (Wildman–Crippen LogP) is 3.14.